The molecular weight excluding hydrogens is 448 g/mol. The van der Waals surface area contributed by atoms with Crippen LogP contribution in [0.3, 0.4) is 0 Å². The van der Waals surface area contributed by atoms with Crippen molar-refractivity contribution in [1.29, 1.82) is 0 Å². The molecule has 0 radical (unpaired) electrons. The quantitative estimate of drug-likeness (QED) is 0.659. The molecule has 2 aliphatic heterocycles. The van der Waals surface area contributed by atoms with E-state index >= 15 is 0 Å². The fraction of sp³-hybridized carbons (Fsp3) is 0.652. The maximum absolute atomic E-state index is 13.4. The van der Waals surface area contributed by atoms with Crippen LogP contribution < -0.4 is 0 Å². The van der Waals surface area contributed by atoms with E-state index in [4.69, 9.17) is 4.74 Å². The fourth-order valence-corrected chi connectivity index (χ4v) is 8.14. The number of ether oxygens (including phenoxy) is 1. The molecule has 3 heterocycles. The van der Waals surface area contributed by atoms with E-state index in [9.17, 15) is 18.0 Å². The van der Waals surface area contributed by atoms with Crippen LogP contribution in [0.4, 0.5) is 4.79 Å². The molecule has 4 aliphatic rings. The number of piperidine rings is 1. The summed E-state index contributed by atoms with van der Waals surface area (Å²) < 4.78 is 30.7. The zero-order chi connectivity index (χ0) is 22.5. The summed E-state index contributed by atoms with van der Waals surface area (Å²) in [6.07, 6.45) is 13.1. The van der Waals surface area contributed by atoms with E-state index in [2.05, 4.69) is 0 Å². The first-order valence-electron chi connectivity index (χ1n) is 11.6. The molecule has 174 valence electrons. The molecular formula is C23H30N2O5S2. The van der Waals surface area contributed by atoms with E-state index < -0.39 is 9.84 Å². The van der Waals surface area contributed by atoms with Gasteiger partial charge >= 0.3 is 6.09 Å². The highest BCUT2D eigenvalue weighted by molar-refractivity contribution is 7.92. The van der Waals surface area contributed by atoms with Crippen LogP contribution in [0.25, 0.3) is 6.08 Å². The summed E-state index contributed by atoms with van der Waals surface area (Å²) in [6.45, 7) is 1.81. The van der Waals surface area contributed by atoms with Gasteiger partial charge in [0.2, 0.25) is 0 Å². The van der Waals surface area contributed by atoms with E-state index in [0.717, 1.165) is 61.8 Å². The third kappa shape index (κ3) is 3.87. The van der Waals surface area contributed by atoms with Gasteiger partial charge < -0.3 is 14.5 Å². The number of likely N-dealkylation sites (tertiary alicyclic amines) is 1. The summed E-state index contributed by atoms with van der Waals surface area (Å²) in [7, 11) is -3.39. The maximum atomic E-state index is 13.4. The summed E-state index contributed by atoms with van der Waals surface area (Å²) in [5, 5.41) is 0. The smallest absolute Gasteiger partial charge is 0.410 e. The van der Waals surface area contributed by atoms with Crippen LogP contribution in [0, 0.1) is 0 Å². The highest BCUT2D eigenvalue weighted by Gasteiger charge is 2.48. The van der Waals surface area contributed by atoms with Gasteiger partial charge in [-0.25, -0.2) is 13.2 Å². The van der Waals surface area contributed by atoms with E-state index in [-0.39, 0.29) is 23.6 Å². The standard InChI is InChI=1S/C23H30N2O5S2/c1-32(28,29)21-18-8-4-3-7-17(18)19(31-21)20(26)24-13-9-16(10-14-24)25-15-23(30-22(25)27)11-5-2-6-12-23/h4,8,16H,2-3,5-7,9-15H2,1H3. The lowest BCUT2D eigenvalue weighted by molar-refractivity contribution is 0.0259. The zero-order valence-corrected chi connectivity index (χ0v) is 20.1. The van der Waals surface area contributed by atoms with Crippen molar-refractivity contribution in [3.63, 3.8) is 0 Å². The second-order valence-electron chi connectivity index (χ2n) is 9.59. The van der Waals surface area contributed by atoms with Crippen molar-refractivity contribution in [3.05, 3.63) is 22.1 Å². The predicted molar refractivity (Wildman–Crippen MR) is 123 cm³/mol. The number of carbonyl (C=O) groups excluding carboxylic acids is 2. The lowest BCUT2D eigenvalue weighted by atomic mass is 9.84. The third-order valence-electron chi connectivity index (χ3n) is 7.34. The van der Waals surface area contributed by atoms with Gasteiger partial charge in [0.15, 0.2) is 9.84 Å². The first kappa shape index (κ1) is 21.9. The van der Waals surface area contributed by atoms with Crippen molar-refractivity contribution in [1.82, 2.24) is 9.80 Å². The Bertz CT molecular complexity index is 1060. The normalized spacial score (nSPS) is 23.5. The Morgan fingerprint density at radius 2 is 1.91 bits per heavy atom. The summed E-state index contributed by atoms with van der Waals surface area (Å²) in [5.74, 6) is -0.0809. The summed E-state index contributed by atoms with van der Waals surface area (Å²) in [4.78, 5) is 30.2. The van der Waals surface area contributed by atoms with Crippen LogP contribution in [0.1, 0.15) is 72.2 Å². The Kier molecular flexibility index (Phi) is 5.60. The van der Waals surface area contributed by atoms with Gasteiger partial charge in [-0.2, -0.15) is 0 Å². The topological polar surface area (TPSA) is 84.0 Å². The Balaban J connectivity index is 1.28. The van der Waals surface area contributed by atoms with Crippen LogP contribution in [0.15, 0.2) is 10.3 Å². The first-order chi connectivity index (χ1) is 15.3. The third-order valence-corrected chi connectivity index (χ3v) is 10.4. The average Bonchev–Trinajstić information content (AvgIpc) is 3.32. The van der Waals surface area contributed by atoms with Crippen molar-refractivity contribution in [2.45, 2.75) is 73.6 Å². The largest absolute Gasteiger partial charge is 0.441 e. The minimum absolute atomic E-state index is 0.0809. The lowest BCUT2D eigenvalue weighted by Gasteiger charge is -2.36. The van der Waals surface area contributed by atoms with Gasteiger partial charge in [-0.3, -0.25) is 4.79 Å². The van der Waals surface area contributed by atoms with Crippen molar-refractivity contribution in [2.24, 2.45) is 0 Å². The fourth-order valence-electron chi connectivity index (χ4n) is 5.66. The van der Waals surface area contributed by atoms with E-state index in [1.807, 2.05) is 22.0 Å². The maximum Gasteiger partial charge on any atom is 0.410 e. The minimum Gasteiger partial charge on any atom is -0.441 e. The van der Waals surface area contributed by atoms with E-state index in [1.165, 1.54) is 12.7 Å². The molecule has 0 N–H and O–H groups in total. The molecule has 1 saturated carbocycles. The van der Waals surface area contributed by atoms with Crippen LogP contribution in [-0.2, 0) is 21.0 Å². The van der Waals surface area contributed by atoms with Gasteiger partial charge in [-0.15, -0.1) is 11.3 Å². The number of allylic oxidation sites excluding steroid dienone is 1. The average molecular weight is 479 g/mol. The Labute approximate surface area is 193 Å². The van der Waals surface area contributed by atoms with Gasteiger partial charge in [0.25, 0.3) is 5.91 Å². The van der Waals surface area contributed by atoms with Crippen LogP contribution in [-0.4, -0.2) is 67.8 Å². The van der Waals surface area contributed by atoms with Crippen LogP contribution in [0.5, 0.6) is 0 Å². The second-order valence-corrected chi connectivity index (χ2v) is 12.8. The van der Waals surface area contributed by atoms with E-state index in [0.29, 0.717) is 40.7 Å². The van der Waals surface area contributed by atoms with Gasteiger partial charge in [0.1, 0.15) is 9.81 Å². The number of nitrogens with zero attached hydrogens (tertiary/aromatic N) is 2. The molecule has 0 bridgehead atoms. The minimum atomic E-state index is -3.39. The number of hydrogen-bond donors (Lipinski definition) is 0. The summed E-state index contributed by atoms with van der Waals surface area (Å²) >= 11 is 1.11. The lowest BCUT2D eigenvalue weighted by Crippen LogP contribution is -2.48. The number of hydrogen-bond acceptors (Lipinski definition) is 6. The highest BCUT2D eigenvalue weighted by atomic mass is 32.2. The Morgan fingerprint density at radius 1 is 1.19 bits per heavy atom. The number of sulfone groups is 1. The molecule has 2 aliphatic carbocycles. The number of fused-ring (bicyclic) bond motifs is 1. The van der Waals surface area contributed by atoms with Crippen LogP contribution >= 0.6 is 11.3 Å². The number of amides is 2. The number of rotatable bonds is 3. The molecule has 5 rings (SSSR count). The highest BCUT2D eigenvalue weighted by Crippen LogP contribution is 2.40. The molecule has 1 aromatic rings. The Morgan fingerprint density at radius 3 is 2.59 bits per heavy atom. The van der Waals surface area contributed by atoms with Gasteiger partial charge in [0, 0.05) is 31.0 Å². The SMILES string of the molecule is CS(=O)(=O)c1sc(C(=O)N2CCC(N3CC4(CCCCC4)OC3=O)CC2)c2c1C=CCC2. The van der Waals surface area contributed by atoms with Gasteiger partial charge in [-0.05, 0) is 56.9 Å². The molecule has 7 nitrogen and oxygen atoms in total. The molecule has 0 aromatic carbocycles. The molecule has 1 aromatic heterocycles. The van der Waals surface area contributed by atoms with Crippen LogP contribution in [0.2, 0.25) is 0 Å². The number of thiophene rings is 1. The molecule has 0 unspecified atom stereocenters. The predicted octanol–water partition coefficient (Wildman–Crippen LogP) is 3.87. The molecule has 3 fully saturated rings. The zero-order valence-electron chi connectivity index (χ0n) is 18.5. The van der Waals surface area contributed by atoms with Gasteiger partial charge in [0.05, 0.1) is 11.4 Å². The molecule has 0 atom stereocenters. The molecule has 1 spiro atoms. The molecule has 2 saturated heterocycles. The second kappa shape index (κ2) is 8.17. The Hall–Kier alpha value is -1.87. The summed E-state index contributed by atoms with van der Waals surface area (Å²) in [6, 6.07) is 0.0969. The molecule has 2 amide bonds. The number of carbonyl (C=O) groups is 2. The monoisotopic (exact) mass is 478 g/mol. The van der Waals surface area contributed by atoms with Crippen molar-refractivity contribution in [3.8, 4) is 0 Å². The summed E-state index contributed by atoms with van der Waals surface area (Å²) in [5.41, 5.74) is 1.26. The molecule has 32 heavy (non-hydrogen) atoms. The van der Waals surface area contributed by atoms with Crippen molar-refractivity contribution < 1.29 is 22.7 Å². The molecule has 9 heteroatoms. The van der Waals surface area contributed by atoms with Crippen molar-refractivity contribution >= 4 is 39.3 Å². The van der Waals surface area contributed by atoms with Crippen molar-refractivity contribution in [2.75, 3.05) is 25.9 Å². The first-order valence-corrected chi connectivity index (χ1v) is 14.3. The van der Waals surface area contributed by atoms with E-state index in [1.54, 1.807) is 0 Å². The van der Waals surface area contributed by atoms with Gasteiger partial charge in [-0.1, -0.05) is 18.6 Å².